The molecule has 0 aliphatic carbocycles. The Hall–Kier alpha value is -2.45. The van der Waals surface area contributed by atoms with Gasteiger partial charge in [0.15, 0.2) is 5.11 Å². The summed E-state index contributed by atoms with van der Waals surface area (Å²) in [5, 5.41) is 6.83. The molecule has 2 unspecified atom stereocenters. The summed E-state index contributed by atoms with van der Waals surface area (Å²) < 4.78 is 10.5. The standard InChI is InChI=1S/C26H39N3O4S/c1-8-29-18(3)22(24(31)33-13-12-32-7)23(28-25(29)34)19-10-9-11-20(15-19)27-21(30)14-17(2)16-26(4,5)6/h9-11,15,17,23H,8,12-14,16H2,1-7H3,(H,27,30)(H,28,34). The third-order valence-corrected chi connectivity index (χ3v) is 5.99. The molecule has 0 aromatic heterocycles. The van der Waals surface area contributed by atoms with Gasteiger partial charge < -0.3 is 25.0 Å². The first kappa shape index (κ1) is 27.8. The van der Waals surface area contributed by atoms with E-state index in [1.54, 1.807) is 7.11 Å². The molecule has 1 aromatic rings. The minimum absolute atomic E-state index is 0.0240. The molecule has 7 nitrogen and oxygen atoms in total. The molecule has 1 aromatic carbocycles. The molecule has 8 heteroatoms. The van der Waals surface area contributed by atoms with Gasteiger partial charge in [-0.25, -0.2) is 4.79 Å². The summed E-state index contributed by atoms with van der Waals surface area (Å²) in [6, 6.07) is 7.02. The SMILES string of the molecule is CCN1C(=S)NC(c2cccc(NC(=O)CC(C)CC(C)(C)C)c2)C(C(=O)OCCOC)=C1C. The Kier molecular flexibility index (Phi) is 10.1. The maximum atomic E-state index is 13.0. The maximum absolute atomic E-state index is 13.0. The van der Waals surface area contributed by atoms with E-state index in [1.807, 2.05) is 43.0 Å². The molecule has 0 radical (unpaired) electrons. The van der Waals surface area contributed by atoms with Gasteiger partial charge in [0.1, 0.15) is 6.61 Å². The lowest BCUT2D eigenvalue weighted by atomic mass is 9.84. The number of hydrogen-bond acceptors (Lipinski definition) is 5. The van der Waals surface area contributed by atoms with Crippen molar-refractivity contribution in [1.29, 1.82) is 0 Å². The van der Waals surface area contributed by atoms with Crippen LogP contribution in [0.3, 0.4) is 0 Å². The van der Waals surface area contributed by atoms with Crippen molar-refractivity contribution in [2.24, 2.45) is 11.3 Å². The summed E-state index contributed by atoms with van der Waals surface area (Å²) in [5.41, 5.74) is 2.92. The Morgan fingerprint density at radius 1 is 1.26 bits per heavy atom. The van der Waals surface area contributed by atoms with Crippen LogP contribution in [0, 0.1) is 11.3 Å². The molecule has 2 N–H and O–H groups in total. The number of amides is 1. The van der Waals surface area contributed by atoms with Crippen molar-refractivity contribution < 1.29 is 19.1 Å². The lowest BCUT2D eigenvalue weighted by Gasteiger charge is -2.37. The van der Waals surface area contributed by atoms with E-state index < -0.39 is 12.0 Å². The second kappa shape index (κ2) is 12.3. The lowest BCUT2D eigenvalue weighted by molar-refractivity contribution is -0.140. The molecule has 0 fully saturated rings. The minimum Gasteiger partial charge on any atom is -0.460 e. The number of methoxy groups -OCH3 is 1. The quantitative estimate of drug-likeness (QED) is 0.278. The van der Waals surface area contributed by atoms with Gasteiger partial charge in [-0.1, -0.05) is 39.8 Å². The first-order chi connectivity index (χ1) is 16.0. The molecular formula is C26H39N3O4S. The highest BCUT2D eigenvalue weighted by atomic mass is 32.1. The third-order valence-electron chi connectivity index (χ3n) is 5.65. The van der Waals surface area contributed by atoms with Gasteiger partial charge in [0, 0.05) is 31.5 Å². The molecule has 0 saturated carbocycles. The summed E-state index contributed by atoms with van der Waals surface area (Å²) in [4.78, 5) is 27.5. The van der Waals surface area contributed by atoms with Crippen molar-refractivity contribution >= 4 is 34.9 Å². The summed E-state index contributed by atoms with van der Waals surface area (Å²) in [6.45, 7) is 13.6. The molecule has 1 amide bonds. The van der Waals surface area contributed by atoms with E-state index in [0.717, 1.165) is 17.7 Å². The third kappa shape index (κ3) is 7.81. The average molecular weight is 490 g/mol. The predicted molar refractivity (Wildman–Crippen MR) is 139 cm³/mol. The van der Waals surface area contributed by atoms with Gasteiger partial charge in [0.05, 0.1) is 18.2 Å². The van der Waals surface area contributed by atoms with Crippen molar-refractivity contribution in [3.63, 3.8) is 0 Å². The van der Waals surface area contributed by atoms with E-state index in [4.69, 9.17) is 21.7 Å². The van der Waals surface area contributed by atoms with Crippen molar-refractivity contribution in [3.05, 3.63) is 41.1 Å². The number of ether oxygens (including phenoxy) is 2. The van der Waals surface area contributed by atoms with Crippen LogP contribution in [-0.4, -0.2) is 48.8 Å². The van der Waals surface area contributed by atoms with E-state index in [0.29, 0.717) is 35.9 Å². The van der Waals surface area contributed by atoms with Crippen LogP contribution in [0.25, 0.3) is 0 Å². The van der Waals surface area contributed by atoms with E-state index >= 15 is 0 Å². The number of anilines is 1. The van der Waals surface area contributed by atoms with E-state index in [-0.39, 0.29) is 23.8 Å². The van der Waals surface area contributed by atoms with Gasteiger partial charge in [-0.05, 0) is 61.5 Å². The number of thiocarbonyl (C=S) groups is 1. The fourth-order valence-electron chi connectivity index (χ4n) is 4.41. The van der Waals surface area contributed by atoms with Gasteiger partial charge in [-0.3, -0.25) is 4.79 Å². The Balaban J connectivity index is 2.26. The monoisotopic (exact) mass is 489 g/mol. The summed E-state index contributed by atoms with van der Waals surface area (Å²) >= 11 is 5.56. The molecule has 0 spiro atoms. The van der Waals surface area contributed by atoms with Crippen LogP contribution in [0.5, 0.6) is 0 Å². The fraction of sp³-hybridized carbons (Fsp3) is 0.577. The van der Waals surface area contributed by atoms with Crippen molar-refractivity contribution in [1.82, 2.24) is 10.2 Å². The number of hydrogen-bond donors (Lipinski definition) is 2. The molecule has 2 atom stereocenters. The Morgan fingerprint density at radius 3 is 2.59 bits per heavy atom. The van der Waals surface area contributed by atoms with Crippen molar-refractivity contribution in [2.45, 2.75) is 60.4 Å². The molecule has 188 valence electrons. The normalized spacial score (nSPS) is 17.3. The van der Waals surface area contributed by atoms with Crippen LogP contribution < -0.4 is 10.6 Å². The number of carbonyl (C=O) groups excluding carboxylic acids is 2. The number of nitrogens with zero attached hydrogens (tertiary/aromatic N) is 1. The van der Waals surface area contributed by atoms with Crippen LogP contribution in [-0.2, 0) is 19.1 Å². The highest BCUT2D eigenvalue weighted by Gasteiger charge is 2.34. The van der Waals surface area contributed by atoms with E-state index in [9.17, 15) is 9.59 Å². The van der Waals surface area contributed by atoms with E-state index in [2.05, 4.69) is 38.3 Å². The second-order valence-electron chi connectivity index (χ2n) is 10.0. The van der Waals surface area contributed by atoms with Gasteiger partial charge >= 0.3 is 5.97 Å². The number of nitrogens with one attached hydrogen (secondary N) is 2. The zero-order valence-corrected chi connectivity index (χ0v) is 22.3. The smallest absolute Gasteiger partial charge is 0.338 e. The number of rotatable bonds is 10. The highest BCUT2D eigenvalue weighted by molar-refractivity contribution is 7.80. The first-order valence-corrected chi connectivity index (χ1v) is 12.2. The van der Waals surface area contributed by atoms with Gasteiger partial charge in [-0.2, -0.15) is 0 Å². The zero-order chi connectivity index (χ0) is 25.5. The Morgan fingerprint density at radius 2 is 1.97 bits per heavy atom. The Bertz CT molecular complexity index is 923. The minimum atomic E-state index is -0.484. The molecule has 1 heterocycles. The molecule has 1 aliphatic rings. The molecule has 0 bridgehead atoms. The van der Waals surface area contributed by atoms with Crippen LogP contribution >= 0.6 is 12.2 Å². The van der Waals surface area contributed by atoms with E-state index in [1.165, 1.54) is 0 Å². The van der Waals surface area contributed by atoms with Crippen LogP contribution in [0.4, 0.5) is 5.69 Å². The summed E-state index contributed by atoms with van der Waals surface area (Å²) in [5.74, 6) is -0.165. The van der Waals surface area contributed by atoms with Crippen LogP contribution in [0.1, 0.15) is 66.0 Å². The summed E-state index contributed by atoms with van der Waals surface area (Å²) in [6.07, 6.45) is 1.42. The average Bonchev–Trinajstić information content (AvgIpc) is 2.72. The second-order valence-corrected chi connectivity index (χ2v) is 10.4. The van der Waals surface area contributed by atoms with Crippen molar-refractivity contribution in [3.8, 4) is 0 Å². The number of carbonyl (C=O) groups is 2. The molecule has 1 aliphatic heterocycles. The topological polar surface area (TPSA) is 79.9 Å². The molecular weight excluding hydrogens is 450 g/mol. The Labute approximate surface area is 209 Å². The predicted octanol–water partition coefficient (Wildman–Crippen LogP) is 4.80. The molecule has 0 saturated heterocycles. The van der Waals surface area contributed by atoms with Gasteiger partial charge in [0.2, 0.25) is 5.91 Å². The lowest BCUT2D eigenvalue weighted by Crippen LogP contribution is -2.47. The van der Waals surface area contributed by atoms with Crippen LogP contribution in [0.2, 0.25) is 0 Å². The highest BCUT2D eigenvalue weighted by Crippen LogP contribution is 2.32. The summed E-state index contributed by atoms with van der Waals surface area (Å²) in [7, 11) is 1.56. The maximum Gasteiger partial charge on any atom is 0.338 e. The molecule has 2 rings (SSSR count). The van der Waals surface area contributed by atoms with Gasteiger partial charge in [0.25, 0.3) is 0 Å². The number of esters is 1. The largest absolute Gasteiger partial charge is 0.460 e. The fourth-order valence-corrected chi connectivity index (χ4v) is 4.80. The van der Waals surface area contributed by atoms with Gasteiger partial charge in [-0.15, -0.1) is 0 Å². The zero-order valence-electron chi connectivity index (χ0n) is 21.5. The van der Waals surface area contributed by atoms with Crippen LogP contribution in [0.15, 0.2) is 35.5 Å². The number of allylic oxidation sites excluding steroid dienone is 1. The first-order valence-electron chi connectivity index (χ1n) is 11.8. The number of benzene rings is 1. The van der Waals surface area contributed by atoms with Crippen molar-refractivity contribution in [2.75, 3.05) is 32.2 Å². The molecule has 34 heavy (non-hydrogen) atoms.